The number of nitrogens with one attached hydrogen (secondary N) is 2. The van der Waals surface area contributed by atoms with Crippen LogP contribution in [0.3, 0.4) is 0 Å². The molecule has 2 aromatic rings. The van der Waals surface area contributed by atoms with Gasteiger partial charge in [-0.2, -0.15) is 0 Å². The summed E-state index contributed by atoms with van der Waals surface area (Å²) < 4.78 is 10.9. The minimum atomic E-state index is -0.213. The van der Waals surface area contributed by atoms with Crippen molar-refractivity contribution in [3.8, 4) is 11.4 Å². The Morgan fingerprint density at radius 1 is 1.18 bits per heavy atom. The number of morpholine rings is 1. The van der Waals surface area contributed by atoms with Crippen molar-refractivity contribution in [3.05, 3.63) is 35.5 Å². The van der Waals surface area contributed by atoms with Crippen molar-refractivity contribution in [2.45, 2.75) is 26.3 Å². The lowest BCUT2D eigenvalue weighted by atomic mass is 9.98. The van der Waals surface area contributed by atoms with Crippen LogP contribution in [0.4, 0.5) is 16.3 Å². The smallest absolute Gasteiger partial charge is 0.319 e. The number of rotatable bonds is 7. The Kier molecular flexibility index (Phi) is 7.74. The standard InChI is InChI=1S/C24H34N6O3/c1-4-25-24(31)26-19-7-5-18(6-8-19)22-27-21-17(2)29(11-14-32-3)10-9-20(21)23(28-22)30-12-15-33-16-13-30/h5-8,17H,4,9-16H2,1-3H3,(H2,25,26,31). The molecule has 1 saturated heterocycles. The van der Waals surface area contributed by atoms with Crippen molar-refractivity contribution in [2.75, 3.05) is 69.9 Å². The predicted molar refractivity (Wildman–Crippen MR) is 129 cm³/mol. The molecule has 0 radical (unpaired) electrons. The summed E-state index contributed by atoms with van der Waals surface area (Å²) in [6.07, 6.45) is 0.922. The van der Waals surface area contributed by atoms with Crippen LogP contribution in [0.15, 0.2) is 24.3 Å². The first-order valence-corrected chi connectivity index (χ1v) is 11.7. The third kappa shape index (κ3) is 5.43. The molecule has 1 aromatic heterocycles. The molecular weight excluding hydrogens is 420 g/mol. The first-order valence-electron chi connectivity index (χ1n) is 11.7. The molecular formula is C24H34N6O3. The number of hydrogen-bond donors (Lipinski definition) is 2. The summed E-state index contributed by atoms with van der Waals surface area (Å²) in [6.45, 7) is 10.3. The van der Waals surface area contributed by atoms with E-state index in [1.165, 1.54) is 5.56 Å². The molecule has 2 amide bonds. The Balaban J connectivity index is 1.67. The van der Waals surface area contributed by atoms with Crippen molar-refractivity contribution < 1.29 is 14.3 Å². The third-order valence-corrected chi connectivity index (χ3v) is 6.24. The Morgan fingerprint density at radius 3 is 2.64 bits per heavy atom. The quantitative estimate of drug-likeness (QED) is 0.665. The monoisotopic (exact) mass is 454 g/mol. The maximum Gasteiger partial charge on any atom is 0.319 e. The van der Waals surface area contributed by atoms with Gasteiger partial charge in [0, 0.05) is 62.7 Å². The van der Waals surface area contributed by atoms with Crippen molar-refractivity contribution in [1.29, 1.82) is 0 Å². The highest BCUT2D eigenvalue weighted by atomic mass is 16.5. The summed E-state index contributed by atoms with van der Waals surface area (Å²) in [6, 6.07) is 7.66. The van der Waals surface area contributed by atoms with Crippen LogP contribution in [0.1, 0.15) is 31.1 Å². The first kappa shape index (κ1) is 23.4. The van der Waals surface area contributed by atoms with Crippen LogP contribution in [0, 0.1) is 0 Å². The largest absolute Gasteiger partial charge is 0.383 e. The van der Waals surface area contributed by atoms with Crippen LogP contribution in [0.5, 0.6) is 0 Å². The lowest BCUT2D eigenvalue weighted by Gasteiger charge is -2.37. The highest BCUT2D eigenvalue weighted by Crippen LogP contribution is 2.35. The topological polar surface area (TPSA) is 91.9 Å². The van der Waals surface area contributed by atoms with E-state index >= 15 is 0 Å². The first-order chi connectivity index (χ1) is 16.1. The van der Waals surface area contributed by atoms with E-state index in [1.807, 2.05) is 31.2 Å². The Hall–Kier alpha value is -2.75. The zero-order chi connectivity index (χ0) is 23.2. The molecule has 0 bridgehead atoms. The van der Waals surface area contributed by atoms with E-state index in [0.717, 1.165) is 55.4 Å². The van der Waals surface area contributed by atoms with Gasteiger partial charge in [0.05, 0.1) is 25.5 Å². The number of urea groups is 1. The van der Waals surface area contributed by atoms with E-state index < -0.39 is 0 Å². The van der Waals surface area contributed by atoms with E-state index in [-0.39, 0.29) is 12.1 Å². The van der Waals surface area contributed by atoms with Gasteiger partial charge in [-0.1, -0.05) is 0 Å². The normalized spacial score (nSPS) is 18.6. The summed E-state index contributed by atoms with van der Waals surface area (Å²) in [5.41, 5.74) is 4.00. The van der Waals surface area contributed by atoms with Gasteiger partial charge in [-0.05, 0) is 44.5 Å². The van der Waals surface area contributed by atoms with Gasteiger partial charge in [-0.15, -0.1) is 0 Å². The Morgan fingerprint density at radius 2 is 1.94 bits per heavy atom. The lowest BCUT2D eigenvalue weighted by molar-refractivity contribution is 0.116. The molecule has 0 spiro atoms. The number of carbonyl (C=O) groups excluding carboxylic acids is 1. The van der Waals surface area contributed by atoms with Crippen LogP contribution in [-0.4, -0.2) is 80.6 Å². The van der Waals surface area contributed by atoms with Crippen molar-refractivity contribution in [2.24, 2.45) is 0 Å². The van der Waals surface area contributed by atoms with Gasteiger partial charge < -0.3 is 25.0 Å². The summed E-state index contributed by atoms with van der Waals surface area (Å²) >= 11 is 0. The molecule has 1 fully saturated rings. The number of amides is 2. The molecule has 2 N–H and O–H groups in total. The van der Waals surface area contributed by atoms with Crippen LogP contribution in [0.25, 0.3) is 11.4 Å². The van der Waals surface area contributed by atoms with Crippen LogP contribution in [0.2, 0.25) is 0 Å². The summed E-state index contributed by atoms with van der Waals surface area (Å²) in [5, 5.41) is 5.57. The summed E-state index contributed by atoms with van der Waals surface area (Å²) in [7, 11) is 1.74. The molecule has 1 atom stereocenters. The molecule has 178 valence electrons. The van der Waals surface area contributed by atoms with E-state index in [2.05, 4.69) is 27.4 Å². The highest BCUT2D eigenvalue weighted by molar-refractivity contribution is 5.89. The summed E-state index contributed by atoms with van der Waals surface area (Å²) in [5.74, 6) is 1.74. The molecule has 9 nitrogen and oxygen atoms in total. The fourth-order valence-corrected chi connectivity index (χ4v) is 4.41. The number of carbonyl (C=O) groups is 1. The highest BCUT2D eigenvalue weighted by Gasteiger charge is 2.30. The number of benzene rings is 1. The van der Waals surface area contributed by atoms with Gasteiger partial charge in [0.1, 0.15) is 5.82 Å². The second-order valence-electron chi connectivity index (χ2n) is 8.35. The molecule has 4 rings (SSSR count). The molecule has 1 aromatic carbocycles. The maximum atomic E-state index is 11.8. The van der Waals surface area contributed by atoms with E-state index in [9.17, 15) is 4.79 Å². The number of fused-ring (bicyclic) bond motifs is 1. The van der Waals surface area contributed by atoms with Crippen LogP contribution < -0.4 is 15.5 Å². The van der Waals surface area contributed by atoms with Gasteiger partial charge in [-0.3, -0.25) is 4.90 Å². The van der Waals surface area contributed by atoms with Gasteiger partial charge >= 0.3 is 6.03 Å². The van der Waals surface area contributed by atoms with E-state index in [1.54, 1.807) is 7.11 Å². The minimum Gasteiger partial charge on any atom is -0.383 e. The van der Waals surface area contributed by atoms with E-state index in [0.29, 0.717) is 32.2 Å². The number of anilines is 2. The van der Waals surface area contributed by atoms with Crippen LogP contribution in [-0.2, 0) is 15.9 Å². The lowest BCUT2D eigenvalue weighted by Crippen LogP contribution is -2.41. The Labute approximate surface area is 195 Å². The van der Waals surface area contributed by atoms with Crippen molar-refractivity contribution in [1.82, 2.24) is 20.2 Å². The average molecular weight is 455 g/mol. The number of hydrogen-bond acceptors (Lipinski definition) is 7. The molecule has 2 aliphatic heterocycles. The zero-order valence-corrected chi connectivity index (χ0v) is 19.8. The molecule has 3 heterocycles. The number of nitrogens with zero attached hydrogens (tertiary/aromatic N) is 4. The fraction of sp³-hybridized carbons (Fsp3) is 0.542. The van der Waals surface area contributed by atoms with E-state index in [4.69, 9.17) is 19.4 Å². The molecule has 0 aliphatic carbocycles. The number of ether oxygens (including phenoxy) is 2. The third-order valence-electron chi connectivity index (χ3n) is 6.24. The van der Waals surface area contributed by atoms with Crippen molar-refractivity contribution in [3.63, 3.8) is 0 Å². The average Bonchev–Trinajstić information content (AvgIpc) is 2.84. The van der Waals surface area contributed by atoms with Gasteiger partial charge in [-0.25, -0.2) is 14.8 Å². The maximum absolute atomic E-state index is 11.8. The number of methoxy groups -OCH3 is 1. The molecule has 0 saturated carbocycles. The zero-order valence-electron chi connectivity index (χ0n) is 19.8. The SMILES string of the molecule is CCNC(=O)Nc1ccc(-c2nc3c(c(N4CCOCC4)n2)CCN(CCOC)C3C)cc1. The second kappa shape index (κ2) is 10.9. The number of aromatic nitrogens is 2. The van der Waals surface area contributed by atoms with Crippen LogP contribution >= 0.6 is 0 Å². The molecule has 9 heteroatoms. The van der Waals surface area contributed by atoms with Gasteiger partial charge in [0.15, 0.2) is 5.82 Å². The molecule has 1 unspecified atom stereocenters. The second-order valence-corrected chi connectivity index (χ2v) is 8.35. The molecule has 33 heavy (non-hydrogen) atoms. The predicted octanol–water partition coefficient (Wildman–Crippen LogP) is 2.69. The summed E-state index contributed by atoms with van der Waals surface area (Å²) in [4.78, 5) is 26.6. The fourth-order valence-electron chi connectivity index (χ4n) is 4.41. The van der Waals surface area contributed by atoms with Gasteiger partial charge in [0.2, 0.25) is 0 Å². The van der Waals surface area contributed by atoms with Crippen molar-refractivity contribution >= 4 is 17.5 Å². The molecule has 2 aliphatic rings. The Bertz CT molecular complexity index is 946. The minimum absolute atomic E-state index is 0.184. The van der Waals surface area contributed by atoms with Gasteiger partial charge in [0.25, 0.3) is 0 Å².